The zero-order valence-electron chi connectivity index (χ0n) is 3.59. The predicted octanol–water partition coefficient (Wildman–Crippen LogP) is 0.308. The minimum atomic E-state index is 0.435. The fourth-order valence-corrected chi connectivity index (χ4v) is 0.759. The number of anilines is 2. The summed E-state index contributed by atoms with van der Waals surface area (Å²) in [4.78, 5) is 0. The maximum Gasteiger partial charge on any atom is 0.160 e. The van der Waals surface area contributed by atoms with Crippen LogP contribution in [0.4, 0.5) is 11.5 Å². The van der Waals surface area contributed by atoms with E-state index in [0.717, 1.165) is 0 Å². The van der Waals surface area contributed by atoms with Crippen LogP contribution in [0.5, 0.6) is 0 Å². The highest BCUT2D eigenvalue weighted by Crippen LogP contribution is 2.12. The lowest BCUT2D eigenvalue weighted by atomic mass is 10.6. The molecule has 0 aliphatic heterocycles. The summed E-state index contributed by atoms with van der Waals surface area (Å²) in [6.45, 7) is 0. The van der Waals surface area contributed by atoms with E-state index in [2.05, 4.69) is 4.37 Å². The zero-order valence-corrected chi connectivity index (χ0v) is 4.40. The van der Waals surface area contributed by atoms with Gasteiger partial charge in [-0.25, -0.2) is 0 Å². The second-order valence-corrected chi connectivity index (χ2v) is 1.78. The van der Waals surface area contributed by atoms with Crippen LogP contribution in [0.1, 0.15) is 0 Å². The molecule has 0 radical (unpaired) electrons. The molecule has 0 aliphatic rings. The molecule has 0 bridgehead atoms. The summed E-state index contributed by atoms with van der Waals surface area (Å²) >= 11 is 1.27. The molecule has 1 rings (SSSR count). The third kappa shape index (κ3) is 0.640. The predicted molar refractivity (Wildman–Crippen MR) is 30.9 cm³/mol. The number of hydrogen-bond donors (Lipinski definition) is 2. The molecule has 4 N–H and O–H groups in total. The molecule has 0 atom stereocenters. The molecule has 4 heteroatoms. The molecular formula is C3H5N3S. The van der Waals surface area contributed by atoms with E-state index in [1.807, 2.05) is 0 Å². The summed E-state index contributed by atoms with van der Waals surface area (Å²) in [6.07, 6.45) is 0. The van der Waals surface area contributed by atoms with E-state index in [0.29, 0.717) is 11.5 Å². The summed E-state index contributed by atoms with van der Waals surface area (Å²) in [5, 5.41) is 1.70. The van der Waals surface area contributed by atoms with E-state index in [1.54, 1.807) is 5.38 Å². The Labute approximate surface area is 45.1 Å². The van der Waals surface area contributed by atoms with Crippen molar-refractivity contribution in [2.45, 2.75) is 0 Å². The van der Waals surface area contributed by atoms with Gasteiger partial charge in [0.2, 0.25) is 0 Å². The minimum absolute atomic E-state index is 0.435. The SMILES string of the molecule is Nc1csnc1N. The van der Waals surface area contributed by atoms with Crippen molar-refractivity contribution in [2.75, 3.05) is 11.5 Å². The molecule has 1 aromatic rings. The van der Waals surface area contributed by atoms with Gasteiger partial charge in [-0.05, 0) is 11.5 Å². The van der Waals surface area contributed by atoms with Crippen LogP contribution in [-0.4, -0.2) is 4.37 Å². The Bertz CT molecular complexity index is 142. The van der Waals surface area contributed by atoms with Gasteiger partial charge in [0.25, 0.3) is 0 Å². The summed E-state index contributed by atoms with van der Waals surface area (Å²) in [6, 6.07) is 0. The van der Waals surface area contributed by atoms with Gasteiger partial charge in [0.15, 0.2) is 5.82 Å². The number of aromatic nitrogens is 1. The van der Waals surface area contributed by atoms with Crippen molar-refractivity contribution in [1.29, 1.82) is 0 Å². The quantitative estimate of drug-likeness (QED) is 0.511. The van der Waals surface area contributed by atoms with Crippen molar-refractivity contribution in [3.8, 4) is 0 Å². The van der Waals surface area contributed by atoms with E-state index in [1.165, 1.54) is 11.5 Å². The monoisotopic (exact) mass is 115 g/mol. The minimum Gasteiger partial charge on any atom is -0.395 e. The molecule has 0 saturated carbocycles. The fraction of sp³-hybridized carbons (Fsp3) is 0. The molecule has 1 aromatic heterocycles. The second-order valence-electron chi connectivity index (χ2n) is 1.16. The number of nitrogen functional groups attached to an aromatic ring is 2. The maximum absolute atomic E-state index is 5.26. The molecule has 38 valence electrons. The summed E-state index contributed by atoms with van der Waals surface area (Å²) in [5.41, 5.74) is 11.1. The third-order valence-corrected chi connectivity index (χ3v) is 1.29. The van der Waals surface area contributed by atoms with Crippen LogP contribution in [-0.2, 0) is 0 Å². The Morgan fingerprint density at radius 3 is 2.43 bits per heavy atom. The van der Waals surface area contributed by atoms with E-state index in [9.17, 15) is 0 Å². The van der Waals surface area contributed by atoms with Gasteiger partial charge in [-0.1, -0.05) is 0 Å². The van der Waals surface area contributed by atoms with Crippen LogP contribution in [0.15, 0.2) is 5.38 Å². The largest absolute Gasteiger partial charge is 0.395 e. The average molecular weight is 115 g/mol. The van der Waals surface area contributed by atoms with Crippen molar-refractivity contribution >= 4 is 23.0 Å². The molecular weight excluding hydrogens is 110 g/mol. The standard InChI is InChI=1S/C3H5N3S/c4-2-1-7-6-3(2)5/h1H,4H2,(H2,5,6). The normalized spacial score (nSPS) is 9.14. The second kappa shape index (κ2) is 1.38. The van der Waals surface area contributed by atoms with Gasteiger partial charge in [-0.2, -0.15) is 4.37 Å². The molecule has 0 unspecified atom stereocenters. The zero-order chi connectivity index (χ0) is 5.28. The fourth-order valence-electron chi connectivity index (χ4n) is 0.253. The van der Waals surface area contributed by atoms with Crippen LogP contribution < -0.4 is 11.5 Å². The van der Waals surface area contributed by atoms with Gasteiger partial charge in [-0.15, -0.1) is 0 Å². The van der Waals surface area contributed by atoms with Gasteiger partial charge in [0, 0.05) is 5.38 Å². The van der Waals surface area contributed by atoms with E-state index in [4.69, 9.17) is 11.5 Å². The van der Waals surface area contributed by atoms with E-state index < -0.39 is 0 Å². The van der Waals surface area contributed by atoms with Gasteiger partial charge in [0.05, 0.1) is 5.69 Å². The Morgan fingerprint density at radius 2 is 2.29 bits per heavy atom. The highest BCUT2D eigenvalue weighted by molar-refractivity contribution is 7.04. The highest BCUT2D eigenvalue weighted by atomic mass is 32.1. The smallest absolute Gasteiger partial charge is 0.160 e. The molecule has 0 aromatic carbocycles. The van der Waals surface area contributed by atoms with E-state index >= 15 is 0 Å². The lowest BCUT2D eigenvalue weighted by Crippen LogP contribution is -1.89. The molecule has 0 fully saturated rings. The summed E-state index contributed by atoms with van der Waals surface area (Å²) in [7, 11) is 0. The lowest BCUT2D eigenvalue weighted by Gasteiger charge is -1.79. The Balaban J connectivity index is 3.12. The first-order chi connectivity index (χ1) is 3.30. The van der Waals surface area contributed by atoms with Crippen LogP contribution in [0.3, 0.4) is 0 Å². The Kier molecular flexibility index (Phi) is 0.867. The van der Waals surface area contributed by atoms with Gasteiger partial charge in [-0.3, -0.25) is 0 Å². The number of nitrogens with two attached hydrogens (primary N) is 2. The molecule has 0 saturated heterocycles. The first-order valence-electron chi connectivity index (χ1n) is 1.76. The van der Waals surface area contributed by atoms with Crippen molar-refractivity contribution in [3.05, 3.63) is 5.38 Å². The van der Waals surface area contributed by atoms with Crippen LogP contribution in [0, 0.1) is 0 Å². The molecule has 3 nitrogen and oxygen atoms in total. The van der Waals surface area contributed by atoms with Crippen molar-refractivity contribution in [3.63, 3.8) is 0 Å². The molecule has 7 heavy (non-hydrogen) atoms. The number of hydrogen-bond acceptors (Lipinski definition) is 4. The topological polar surface area (TPSA) is 64.9 Å². The van der Waals surface area contributed by atoms with Crippen molar-refractivity contribution in [1.82, 2.24) is 4.37 Å². The first-order valence-corrected chi connectivity index (χ1v) is 2.59. The van der Waals surface area contributed by atoms with Crippen LogP contribution >= 0.6 is 11.5 Å². The van der Waals surface area contributed by atoms with Gasteiger partial charge < -0.3 is 11.5 Å². The Morgan fingerprint density at radius 1 is 1.57 bits per heavy atom. The average Bonchev–Trinajstić information content (AvgIpc) is 1.91. The maximum atomic E-state index is 5.26. The summed E-state index contributed by atoms with van der Waals surface area (Å²) < 4.78 is 3.71. The molecule has 1 heterocycles. The number of nitrogens with zero attached hydrogens (tertiary/aromatic N) is 1. The lowest BCUT2D eigenvalue weighted by molar-refractivity contribution is 1.56. The van der Waals surface area contributed by atoms with Gasteiger partial charge >= 0.3 is 0 Å². The first kappa shape index (κ1) is 4.39. The number of rotatable bonds is 0. The van der Waals surface area contributed by atoms with E-state index in [-0.39, 0.29) is 0 Å². The van der Waals surface area contributed by atoms with Crippen molar-refractivity contribution < 1.29 is 0 Å². The van der Waals surface area contributed by atoms with Crippen LogP contribution in [0.25, 0.3) is 0 Å². The van der Waals surface area contributed by atoms with Crippen LogP contribution in [0.2, 0.25) is 0 Å². The highest BCUT2D eigenvalue weighted by Gasteiger charge is 1.90. The Hall–Kier alpha value is -0.770. The molecule has 0 spiro atoms. The third-order valence-electron chi connectivity index (χ3n) is 0.626. The summed E-state index contributed by atoms with van der Waals surface area (Å²) in [5.74, 6) is 0.435. The molecule has 0 amide bonds. The van der Waals surface area contributed by atoms with Gasteiger partial charge in [0.1, 0.15) is 0 Å². The molecule has 0 aliphatic carbocycles. The van der Waals surface area contributed by atoms with Crippen molar-refractivity contribution in [2.24, 2.45) is 0 Å².